The normalized spacial score (nSPS) is 10.6. The van der Waals surface area contributed by atoms with Crippen molar-refractivity contribution in [3.05, 3.63) is 59.1 Å². The van der Waals surface area contributed by atoms with Gasteiger partial charge in [-0.05, 0) is 39.0 Å². The van der Waals surface area contributed by atoms with Crippen molar-refractivity contribution < 1.29 is 4.92 Å². The Morgan fingerprint density at radius 2 is 2.05 bits per heavy atom. The number of halogens is 2. The Labute approximate surface area is 131 Å². The second-order valence-corrected chi connectivity index (χ2v) is 6.64. The van der Waals surface area contributed by atoms with E-state index in [1.165, 1.54) is 10.9 Å². The van der Waals surface area contributed by atoms with Crippen LogP contribution < -0.4 is 5.32 Å². The highest BCUT2D eigenvalue weighted by molar-refractivity contribution is 9.10. The molecule has 0 aliphatic carbocycles. The first-order chi connectivity index (χ1) is 9.06. The lowest BCUT2D eigenvalue weighted by Gasteiger charge is -2.05. The molecule has 0 saturated heterocycles. The van der Waals surface area contributed by atoms with Gasteiger partial charge >= 0.3 is 0 Å². The molecule has 19 heavy (non-hydrogen) atoms. The van der Waals surface area contributed by atoms with Gasteiger partial charge in [-0.3, -0.25) is 10.1 Å². The van der Waals surface area contributed by atoms with Crippen LogP contribution in [0.25, 0.3) is 0 Å². The van der Waals surface area contributed by atoms with Gasteiger partial charge in [-0.25, -0.2) is 0 Å². The summed E-state index contributed by atoms with van der Waals surface area (Å²) in [7, 11) is 0. The maximum Gasteiger partial charge on any atom is 0.270 e. The van der Waals surface area contributed by atoms with Crippen LogP contribution in [0.3, 0.4) is 0 Å². The molecular weight excluding hydrogens is 396 g/mol. The van der Waals surface area contributed by atoms with Gasteiger partial charge in [0.05, 0.1) is 4.92 Å². The Morgan fingerprint density at radius 3 is 2.68 bits per heavy atom. The molecule has 0 atom stereocenters. The van der Waals surface area contributed by atoms with Crippen molar-refractivity contribution >= 4 is 48.9 Å². The Bertz CT molecular complexity index is 601. The molecular formula is C12H10Br2N2O2S. The fourth-order valence-electron chi connectivity index (χ4n) is 1.61. The van der Waals surface area contributed by atoms with E-state index in [1.807, 2.05) is 17.5 Å². The number of nitro groups is 1. The highest BCUT2D eigenvalue weighted by Gasteiger charge is 2.08. The van der Waals surface area contributed by atoms with Crippen LogP contribution in [0.2, 0.25) is 0 Å². The molecule has 0 saturated carbocycles. The number of rotatable bonds is 5. The molecule has 1 aromatic carbocycles. The van der Waals surface area contributed by atoms with Crippen LogP contribution in [0.5, 0.6) is 0 Å². The molecule has 0 aliphatic heterocycles. The van der Waals surface area contributed by atoms with Crippen molar-refractivity contribution in [1.29, 1.82) is 0 Å². The fourth-order valence-corrected chi connectivity index (χ4v) is 3.60. The zero-order valence-electron chi connectivity index (χ0n) is 9.73. The summed E-state index contributed by atoms with van der Waals surface area (Å²) in [6, 6.07) is 6.97. The maximum atomic E-state index is 10.8. The van der Waals surface area contributed by atoms with Crippen molar-refractivity contribution in [3.8, 4) is 0 Å². The van der Waals surface area contributed by atoms with E-state index in [9.17, 15) is 10.1 Å². The summed E-state index contributed by atoms with van der Waals surface area (Å²) < 4.78 is 1.81. The zero-order valence-corrected chi connectivity index (χ0v) is 13.7. The molecule has 0 aliphatic rings. The molecule has 0 bridgehead atoms. The number of hydrogen-bond acceptors (Lipinski definition) is 4. The minimum Gasteiger partial charge on any atom is -0.308 e. The third-order valence-corrected chi connectivity index (χ3v) is 4.84. The number of thiophene rings is 1. The largest absolute Gasteiger partial charge is 0.308 e. The van der Waals surface area contributed by atoms with Gasteiger partial charge in [0.2, 0.25) is 0 Å². The van der Waals surface area contributed by atoms with Crippen LogP contribution in [-0.2, 0) is 13.1 Å². The predicted molar refractivity (Wildman–Crippen MR) is 83.4 cm³/mol. The summed E-state index contributed by atoms with van der Waals surface area (Å²) in [6.07, 6.45) is 0. The SMILES string of the molecule is O=[N+]([O-])c1cc(Br)cc(CNCc2sccc2Br)c1. The average Bonchev–Trinajstić information content (AvgIpc) is 2.74. The molecule has 0 radical (unpaired) electrons. The van der Waals surface area contributed by atoms with Crippen LogP contribution in [0.4, 0.5) is 5.69 Å². The van der Waals surface area contributed by atoms with Crippen molar-refractivity contribution in [2.45, 2.75) is 13.1 Å². The van der Waals surface area contributed by atoms with E-state index in [0.717, 1.165) is 21.1 Å². The van der Waals surface area contributed by atoms with Crippen LogP contribution in [0, 0.1) is 10.1 Å². The van der Waals surface area contributed by atoms with E-state index < -0.39 is 0 Å². The first-order valence-corrected chi connectivity index (χ1v) is 7.89. The third kappa shape index (κ3) is 4.10. The van der Waals surface area contributed by atoms with E-state index >= 15 is 0 Å². The highest BCUT2D eigenvalue weighted by atomic mass is 79.9. The van der Waals surface area contributed by atoms with Gasteiger partial charge in [-0.1, -0.05) is 15.9 Å². The number of non-ortho nitro benzene ring substituents is 1. The number of nitrogens with zero attached hydrogens (tertiary/aromatic N) is 1. The number of nitro benzene ring substituents is 1. The van der Waals surface area contributed by atoms with Gasteiger partial charge in [0, 0.05) is 39.0 Å². The molecule has 1 N–H and O–H groups in total. The zero-order chi connectivity index (χ0) is 13.8. The van der Waals surface area contributed by atoms with Gasteiger partial charge in [0.15, 0.2) is 0 Å². The standard InChI is InChI=1S/C12H10Br2N2O2S/c13-9-3-8(4-10(5-9)16(17)18)6-15-7-12-11(14)1-2-19-12/h1-5,15H,6-7H2. The molecule has 2 rings (SSSR count). The summed E-state index contributed by atoms with van der Waals surface area (Å²) in [6.45, 7) is 1.32. The first-order valence-electron chi connectivity index (χ1n) is 5.42. The lowest BCUT2D eigenvalue weighted by Crippen LogP contribution is -2.12. The van der Waals surface area contributed by atoms with E-state index in [4.69, 9.17) is 0 Å². The van der Waals surface area contributed by atoms with Crippen molar-refractivity contribution in [2.24, 2.45) is 0 Å². The lowest BCUT2D eigenvalue weighted by molar-refractivity contribution is -0.385. The van der Waals surface area contributed by atoms with Gasteiger partial charge in [0.1, 0.15) is 0 Å². The van der Waals surface area contributed by atoms with Crippen molar-refractivity contribution in [3.63, 3.8) is 0 Å². The van der Waals surface area contributed by atoms with Crippen LogP contribution in [0.15, 0.2) is 38.6 Å². The topological polar surface area (TPSA) is 55.2 Å². The van der Waals surface area contributed by atoms with Crippen LogP contribution in [0.1, 0.15) is 10.4 Å². The molecule has 4 nitrogen and oxygen atoms in total. The van der Waals surface area contributed by atoms with E-state index in [0.29, 0.717) is 6.54 Å². The van der Waals surface area contributed by atoms with E-state index in [1.54, 1.807) is 17.4 Å². The molecule has 7 heteroatoms. The van der Waals surface area contributed by atoms with Crippen LogP contribution >= 0.6 is 43.2 Å². The first kappa shape index (κ1) is 14.6. The molecule has 1 aromatic heterocycles. The summed E-state index contributed by atoms with van der Waals surface area (Å²) in [5, 5.41) is 16.1. The van der Waals surface area contributed by atoms with Crippen molar-refractivity contribution in [2.75, 3.05) is 0 Å². The maximum absolute atomic E-state index is 10.8. The molecule has 2 aromatic rings. The number of hydrogen-bond donors (Lipinski definition) is 1. The average molecular weight is 406 g/mol. The van der Waals surface area contributed by atoms with Gasteiger partial charge in [-0.2, -0.15) is 0 Å². The summed E-state index contributed by atoms with van der Waals surface area (Å²) >= 11 is 8.42. The number of benzene rings is 1. The second-order valence-electron chi connectivity index (χ2n) is 3.87. The third-order valence-electron chi connectivity index (χ3n) is 2.46. The molecule has 0 unspecified atom stereocenters. The lowest BCUT2D eigenvalue weighted by atomic mass is 10.2. The Balaban J connectivity index is 2.00. The molecule has 0 spiro atoms. The predicted octanol–water partition coefficient (Wildman–Crippen LogP) is 4.47. The highest BCUT2D eigenvalue weighted by Crippen LogP contribution is 2.23. The second kappa shape index (κ2) is 6.60. The van der Waals surface area contributed by atoms with E-state index in [2.05, 4.69) is 37.2 Å². The summed E-state index contributed by atoms with van der Waals surface area (Å²) in [5.41, 5.74) is 0.984. The quantitative estimate of drug-likeness (QED) is 0.589. The minimum absolute atomic E-state index is 0.100. The molecule has 1 heterocycles. The van der Waals surface area contributed by atoms with Gasteiger partial charge in [-0.15, -0.1) is 11.3 Å². The number of nitrogens with one attached hydrogen (secondary N) is 1. The van der Waals surface area contributed by atoms with E-state index in [-0.39, 0.29) is 10.6 Å². The Morgan fingerprint density at radius 1 is 1.26 bits per heavy atom. The monoisotopic (exact) mass is 404 g/mol. The molecule has 0 amide bonds. The Hall–Kier alpha value is -0.760. The van der Waals surface area contributed by atoms with Gasteiger partial charge in [0.25, 0.3) is 5.69 Å². The smallest absolute Gasteiger partial charge is 0.270 e. The minimum atomic E-state index is -0.385. The molecule has 0 fully saturated rings. The van der Waals surface area contributed by atoms with Crippen LogP contribution in [-0.4, -0.2) is 4.92 Å². The van der Waals surface area contributed by atoms with Gasteiger partial charge < -0.3 is 5.32 Å². The summed E-state index contributed by atoms with van der Waals surface area (Å²) in [5.74, 6) is 0. The Kier molecular flexibility index (Phi) is 5.09. The summed E-state index contributed by atoms with van der Waals surface area (Å²) in [4.78, 5) is 11.6. The van der Waals surface area contributed by atoms with Crippen molar-refractivity contribution in [1.82, 2.24) is 5.32 Å². The fraction of sp³-hybridized carbons (Fsp3) is 0.167. The molecule has 100 valence electrons.